The first-order valence-corrected chi connectivity index (χ1v) is 11.3. The summed E-state index contributed by atoms with van der Waals surface area (Å²) >= 11 is 7.98. The number of aryl methyl sites for hydroxylation is 1. The first kappa shape index (κ1) is 21.6. The van der Waals surface area contributed by atoms with Gasteiger partial charge in [0.05, 0.1) is 10.7 Å². The number of nitrogens with zero attached hydrogens (tertiary/aromatic N) is 4. The van der Waals surface area contributed by atoms with Gasteiger partial charge < -0.3 is 13.7 Å². The van der Waals surface area contributed by atoms with Gasteiger partial charge in [0.1, 0.15) is 6.26 Å². The van der Waals surface area contributed by atoms with Crippen LogP contribution in [0.3, 0.4) is 0 Å². The molecule has 0 aliphatic heterocycles. The maximum Gasteiger partial charge on any atom is 0.226 e. The minimum Gasteiger partial charge on any atom is -0.444 e. The average molecular weight is 455 g/mol. The Morgan fingerprint density at radius 1 is 1.10 bits per heavy atom. The molecule has 0 saturated heterocycles. The Bertz CT molecular complexity index is 1140. The number of thioether (sulfide) groups is 1. The summed E-state index contributed by atoms with van der Waals surface area (Å²) in [5.41, 5.74) is 3.88. The van der Waals surface area contributed by atoms with Gasteiger partial charge in [0.15, 0.2) is 11.0 Å². The number of halogens is 1. The second-order valence-corrected chi connectivity index (χ2v) is 8.43. The third-order valence-corrected chi connectivity index (χ3v) is 6.09. The van der Waals surface area contributed by atoms with Crippen molar-refractivity contribution in [2.45, 2.75) is 30.8 Å². The van der Waals surface area contributed by atoms with E-state index >= 15 is 0 Å². The van der Waals surface area contributed by atoms with Crippen molar-refractivity contribution in [3.63, 3.8) is 0 Å². The van der Waals surface area contributed by atoms with Crippen LogP contribution in [0.25, 0.3) is 22.8 Å². The zero-order chi connectivity index (χ0) is 21.6. The zero-order valence-corrected chi connectivity index (χ0v) is 19.0. The highest BCUT2D eigenvalue weighted by molar-refractivity contribution is 7.98. The second-order valence-electron chi connectivity index (χ2n) is 7.08. The number of rotatable bonds is 9. The molecule has 0 radical (unpaired) electrons. The van der Waals surface area contributed by atoms with Crippen LogP contribution in [0.5, 0.6) is 0 Å². The van der Waals surface area contributed by atoms with Crippen LogP contribution in [0.2, 0.25) is 5.02 Å². The largest absolute Gasteiger partial charge is 0.444 e. The zero-order valence-electron chi connectivity index (χ0n) is 17.4. The van der Waals surface area contributed by atoms with Crippen molar-refractivity contribution in [2.75, 3.05) is 13.7 Å². The van der Waals surface area contributed by atoms with Crippen LogP contribution in [0.1, 0.15) is 17.7 Å². The average Bonchev–Trinajstić information content (AvgIpc) is 3.41. The van der Waals surface area contributed by atoms with E-state index in [0.717, 1.165) is 40.8 Å². The molecule has 0 saturated carbocycles. The highest BCUT2D eigenvalue weighted by atomic mass is 35.5. The van der Waals surface area contributed by atoms with E-state index in [1.165, 1.54) is 5.56 Å². The lowest BCUT2D eigenvalue weighted by Gasteiger charge is -2.10. The first-order valence-electron chi connectivity index (χ1n) is 9.97. The van der Waals surface area contributed by atoms with E-state index in [0.29, 0.717) is 23.3 Å². The minimum absolute atomic E-state index is 0.619. The molecule has 0 amide bonds. The van der Waals surface area contributed by atoms with Gasteiger partial charge in [-0.1, -0.05) is 53.2 Å². The van der Waals surface area contributed by atoms with Gasteiger partial charge in [0.25, 0.3) is 0 Å². The molecule has 4 aromatic rings. The van der Waals surface area contributed by atoms with E-state index in [-0.39, 0.29) is 0 Å². The summed E-state index contributed by atoms with van der Waals surface area (Å²) in [7, 11) is 1.70. The van der Waals surface area contributed by atoms with Gasteiger partial charge in [-0.3, -0.25) is 0 Å². The van der Waals surface area contributed by atoms with Crippen molar-refractivity contribution < 1.29 is 9.15 Å². The molecule has 2 aromatic heterocycles. The Hall–Kier alpha value is -2.61. The fourth-order valence-corrected chi connectivity index (χ4v) is 4.21. The van der Waals surface area contributed by atoms with Crippen LogP contribution in [0, 0.1) is 6.92 Å². The number of methoxy groups -OCH3 is 1. The summed E-state index contributed by atoms with van der Waals surface area (Å²) in [5.74, 6) is 2.00. The lowest BCUT2D eigenvalue weighted by atomic mass is 10.1. The highest BCUT2D eigenvalue weighted by Crippen LogP contribution is 2.31. The lowest BCUT2D eigenvalue weighted by molar-refractivity contribution is 0.189. The molecule has 2 aromatic carbocycles. The van der Waals surface area contributed by atoms with Gasteiger partial charge >= 0.3 is 0 Å². The minimum atomic E-state index is 0.619. The summed E-state index contributed by atoms with van der Waals surface area (Å²) in [6.07, 6.45) is 2.55. The molecular formula is C23H23ClN4O2S. The molecule has 0 unspecified atom stereocenters. The number of aromatic nitrogens is 4. The number of hydrogen-bond donors (Lipinski definition) is 0. The molecule has 4 rings (SSSR count). The quantitative estimate of drug-likeness (QED) is 0.232. The molecule has 0 aliphatic carbocycles. The van der Waals surface area contributed by atoms with Crippen molar-refractivity contribution >= 4 is 23.4 Å². The van der Waals surface area contributed by atoms with Crippen molar-refractivity contribution in [1.29, 1.82) is 0 Å². The Labute approximate surface area is 190 Å². The Kier molecular flexibility index (Phi) is 7.06. The maximum absolute atomic E-state index is 6.41. The third kappa shape index (κ3) is 5.18. The molecule has 160 valence electrons. The van der Waals surface area contributed by atoms with Crippen molar-refractivity contribution in [3.05, 3.63) is 71.1 Å². The van der Waals surface area contributed by atoms with Gasteiger partial charge in [-0.15, -0.1) is 10.2 Å². The molecule has 0 N–H and O–H groups in total. The van der Waals surface area contributed by atoms with E-state index in [4.69, 9.17) is 20.8 Å². The molecule has 2 heterocycles. The van der Waals surface area contributed by atoms with Crippen molar-refractivity contribution in [1.82, 2.24) is 19.7 Å². The smallest absolute Gasteiger partial charge is 0.226 e. The summed E-state index contributed by atoms with van der Waals surface area (Å²) in [5, 5.41) is 10.3. The van der Waals surface area contributed by atoms with Crippen molar-refractivity contribution in [3.8, 4) is 22.8 Å². The first-order chi connectivity index (χ1) is 15.2. The van der Waals surface area contributed by atoms with E-state index in [9.17, 15) is 0 Å². The third-order valence-electron chi connectivity index (χ3n) is 4.76. The second kappa shape index (κ2) is 10.1. The van der Waals surface area contributed by atoms with Gasteiger partial charge in [-0.2, -0.15) is 0 Å². The molecule has 0 aliphatic rings. The topological polar surface area (TPSA) is 66.0 Å². The predicted molar refractivity (Wildman–Crippen MR) is 123 cm³/mol. The summed E-state index contributed by atoms with van der Waals surface area (Å²) in [4.78, 5) is 4.62. The molecule has 0 fully saturated rings. The fraction of sp³-hybridized carbons (Fsp3) is 0.261. The summed E-state index contributed by atoms with van der Waals surface area (Å²) in [6.45, 7) is 3.45. The lowest BCUT2D eigenvalue weighted by Crippen LogP contribution is -2.05. The van der Waals surface area contributed by atoms with Crippen LogP contribution < -0.4 is 0 Å². The number of ether oxygens (including phenoxy) is 1. The van der Waals surface area contributed by atoms with Crippen LogP contribution in [0.4, 0.5) is 0 Å². The number of oxazole rings is 1. The molecular weight excluding hydrogens is 432 g/mol. The number of benzene rings is 2. The predicted octanol–water partition coefficient (Wildman–Crippen LogP) is 5.89. The van der Waals surface area contributed by atoms with E-state index < -0.39 is 0 Å². The molecule has 0 atom stereocenters. The van der Waals surface area contributed by atoms with E-state index in [2.05, 4.69) is 26.7 Å². The van der Waals surface area contributed by atoms with Crippen LogP contribution >= 0.6 is 23.4 Å². The SMILES string of the molecule is COCCCn1c(SCc2coc(-c3ccc(C)cc3)n2)nnc1-c1ccccc1Cl. The normalized spacial score (nSPS) is 11.2. The van der Waals surface area contributed by atoms with Crippen LogP contribution in [-0.4, -0.2) is 33.5 Å². The number of hydrogen-bond acceptors (Lipinski definition) is 6. The van der Waals surface area contributed by atoms with E-state index in [1.54, 1.807) is 25.1 Å². The van der Waals surface area contributed by atoms with Gasteiger partial charge in [0, 0.05) is 37.1 Å². The van der Waals surface area contributed by atoms with Gasteiger partial charge in [-0.05, 0) is 37.6 Å². The standard InChI is InChI=1S/C23H23ClN4O2S/c1-16-8-10-17(11-9-16)22-25-18(14-30-22)15-31-23-27-26-21(28(23)12-5-13-29-2)19-6-3-4-7-20(19)24/h3-4,6-11,14H,5,12-13,15H2,1-2H3. The van der Waals surface area contributed by atoms with Crippen LogP contribution in [0.15, 0.2) is 64.4 Å². The highest BCUT2D eigenvalue weighted by Gasteiger charge is 2.17. The molecule has 6 nitrogen and oxygen atoms in total. The Balaban J connectivity index is 1.53. The summed E-state index contributed by atoms with van der Waals surface area (Å²) < 4.78 is 13.0. The summed E-state index contributed by atoms with van der Waals surface area (Å²) in [6, 6.07) is 15.8. The van der Waals surface area contributed by atoms with Crippen LogP contribution in [-0.2, 0) is 17.0 Å². The Morgan fingerprint density at radius 2 is 1.90 bits per heavy atom. The Morgan fingerprint density at radius 3 is 2.68 bits per heavy atom. The van der Waals surface area contributed by atoms with E-state index in [1.807, 2.05) is 48.5 Å². The molecule has 31 heavy (non-hydrogen) atoms. The molecule has 0 spiro atoms. The van der Waals surface area contributed by atoms with Gasteiger partial charge in [0.2, 0.25) is 5.89 Å². The molecule has 8 heteroatoms. The maximum atomic E-state index is 6.41. The van der Waals surface area contributed by atoms with Crippen molar-refractivity contribution in [2.24, 2.45) is 0 Å². The van der Waals surface area contributed by atoms with Gasteiger partial charge in [-0.25, -0.2) is 4.98 Å². The monoisotopic (exact) mass is 454 g/mol. The molecule has 0 bridgehead atoms. The fourth-order valence-electron chi connectivity index (χ4n) is 3.15.